The molecule has 3 heterocycles. The van der Waals surface area contributed by atoms with Crippen LogP contribution in [0.15, 0.2) is 36.7 Å². The maximum absolute atomic E-state index is 4.94. The minimum Gasteiger partial charge on any atom is -0.341 e. The minimum absolute atomic E-state index is 0.912. The van der Waals surface area contributed by atoms with E-state index in [9.17, 15) is 0 Å². The second-order valence-electron chi connectivity index (χ2n) is 6.93. The van der Waals surface area contributed by atoms with E-state index in [1.165, 1.54) is 29.7 Å². The third kappa shape index (κ3) is 2.42. The van der Waals surface area contributed by atoms with Crippen LogP contribution in [0.2, 0.25) is 0 Å². The van der Waals surface area contributed by atoms with Gasteiger partial charge in [-0.05, 0) is 25.7 Å². The van der Waals surface area contributed by atoms with E-state index >= 15 is 0 Å². The summed E-state index contributed by atoms with van der Waals surface area (Å²) < 4.78 is 2.04. The Labute approximate surface area is 147 Å². The number of hydrogen-bond donors (Lipinski definition) is 0. The molecule has 1 aliphatic heterocycles. The summed E-state index contributed by atoms with van der Waals surface area (Å²) in [6.07, 6.45) is 8.41. The van der Waals surface area contributed by atoms with Crippen molar-refractivity contribution in [2.45, 2.75) is 25.7 Å². The van der Waals surface area contributed by atoms with Gasteiger partial charge in [-0.15, -0.1) is 0 Å². The first-order valence-corrected chi connectivity index (χ1v) is 9.02. The Bertz CT molecular complexity index is 922. The Balaban J connectivity index is 1.56. The fourth-order valence-corrected chi connectivity index (χ4v) is 3.74. The molecule has 0 radical (unpaired) electrons. The Kier molecular flexibility index (Phi) is 3.33. The molecule has 25 heavy (non-hydrogen) atoms. The Hall–Kier alpha value is -2.69. The predicted molar refractivity (Wildman–Crippen MR) is 98.5 cm³/mol. The van der Waals surface area contributed by atoms with E-state index in [-0.39, 0.29) is 0 Å². The first-order chi connectivity index (χ1) is 12.3. The average molecular weight is 331 g/mol. The van der Waals surface area contributed by atoms with Gasteiger partial charge in [0, 0.05) is 54.9 Å². The van der Waals surface area contributed by atoms with Crippen LogP contribution in [0.25, 0.3) is 22.6 Å². The molecule has 1 aromatic carbocycles. The molecule has 5 heteroatoms. The van der Waals surface area contributed by atoms with Gasteiger partial charge in [0.2, 0.25) is 5.95 Å². The smallest absolute Gasteiger partial charge is 0.226 e. The summed E-state index contributed by atoms with van der Waals surface area (Å²) in [5, 5.41) is 0. The lowest BCUT2D eigenvalue weighted by molar-refractivity contribution is 0.599. The summed E-state index contributed by atoms with van der Waals surface area (Å²) in [5.41, 5.74) is 6.02. The van der Waals surface area contributed by atoms with E-state index in [0.717, 1.165) is 49.0 Å². The molecule has 2 aliphatic rings. The largest absolute Gasteiger partial charge is 0.341 e. The van der Waals surface area contributed by atoms with Gasteiger partial charge in [-0.25, -0.2) is 15.0 Å². The number of fused-ring (bicyclic) bond motifs is 1. The van der Waals surface area contributed by atoms with Crippen molar-refractivity contribution in [2.75, 3.05) is 18.0 Å². The van der Waals surface area contributed by atoms with Crippen LogP contribution in [0.1, 0.15) is 24.1 Å². The standard InChI is InChI=1S/C20H21N5/c1-24-13-10-21-19(24)15-8-6-14(7-9-15)18-16-4-2-5-17(16)22-20(23-18)25-11-3-12-25/h6-10,13H,2-5,11-12H2,1H3. The lowest BCUT2D eigenvalue weighted by atomic mass is 10.0. The van der Waals surface area contributed by atoms with Crippen molar-refractivity contribution >= 4 is 5.95 Å². The average Bonchev–Trinajstić information content (AvgIpc) is 3.21. The molecule has 0 atom stereocenters. The zero-order chi connectivity index (χ0) is 16.8. The van der Waals surface area contributed by atoms with Crippen molar-refractivity contribution in [3.8, 4) is 22.6 Å². The first kappa shape index (κ1) is 14.6. The van der Waals surface area contributed by atoms with Crippen LogP contribution >= 0.6 is 0 Å². The quantitative estimate of drug-likeness (QED) is 0.739. The third-order valence-electron chi connectivity index (χ3n) is 5.30. The number of benzene rings is 1. The predicted octanol–water partition coefficient (Wildman–Crippen LogP) is 3.24. The molecular weight excluding hydrogens is 310 g/mol. The summed E-state index contributed by atoms with van der Waals surface area (Å²) in [4.78, 5) is 16.5. The van der Waals surface area contributed by atoms with E-state index < -0.39 is 0 Å². The molecule has 1 saturated heterocycles. The van der Waals surface area contributed by atoms with Crippen LogP contribution in [-0.2, 0) is 19.9 Å². The van der Waals surface area contributed by atoms with Crippen LogP contribution in [0.3, 0.4) is 0 Å². The number of nitrogens with zero attached hydrogens (tertiary/aromatic N) is 5. The van der Waals surface area contributed by atoms with Crippen LogP contribution in [0.5, 0.6) is 0 Å². The van der Waals surface area contributed by atoms with Crippen LogP contribution in [0, 0.1) is 0 Å². The van der Waals surface area contributed by atoms with Gasteiger partial charge in [0.15, 0.2) is 0 Å². The van der Waals surface area contributed by atoms with E-state index in [4.69, 9.17) is 9.97 Å². The topological polar surface area (TPSA) is 46.8 Å². The monoisotopic (exact) mass is 331 g/mol. The molecule has 126 valence electrons. The summed E-state index contributed by atoms with van der Waals surface area (Å²) in [6.45, 7) is 2.16. The zero-order valence-corrected chi connectivity index (χ0v) is 14.4. The number of aryl methyl sites for hydroxylation is 2. The Morgan fingerprint density at radius 1 is 0.920 bits per heavy atom. The van der Waals surface area contributed by atoms with E-state index in [1.54, 1.807) is 0 Å². The van der Waals surface area contributed by atoms with Gasteiger partial charge in [0.05, 0.1) is 5.69 Å². The van der Waals surface area contributed by atoms with Crippen molar-refractivity contribution in [2.24, 2.45) is 7.05 Å². The van der Waals surface area contributed by atoms with E-state index in [0.29, 0.717) is 0 Å². The van der Waals surface area contributed by atoms with Gasteiger partial charge < -0.3 is 9.47 Å². The lowest BCUT2D eigenvalue weighted by Gasteiger charge is -2.31. The van der Waals surface area contributed by atoms with Gasteiger partial charge in [0.25, 0.3) is 0 Å². The van der Waals surface area contributed by atoms with Gasteiger partial charge in [-0.2, -0.15) is 0 Å². The lowest BCUT2D eigenvalue weighted by Crippen LogP contribution is -2.38. The van der Waals surface area contributed by atoms with E-state index in [2.05, 4.69) is 34.1 Å². The molecule has 0 saturated carbocycles. The number of aromatic nitrogens is 4. The molecule has 1 aliphatic carbocycles. The summed E-state index contributed by atoms with van der Waals surface area (Å²) >= 11 is 0. The highest BCUT2D eigenvalue weighted by atomic mass is 15.3. The molecule has 0 amide bonds. The fourth-order valence-electron chi connectivity index (χ4n) is 3.74. The molecule has 0 bridgehead atoms. The molecule has 0 spiro atoms. The van der Waals surface area contributed by atoms with Gasteiger partial charge in [0.1, 0.15) is 5.82 Å². The molecule has 3 aromatic rings. The maximum Gasteiger partial charge on any atom is 0.226 e. The summed E-state index contributed by atoms with van der Waals surface area (Å²) in [7, 11) is 2.02. The van der Waals surface area contributed by atoms with Crippen molar-refractivity contribution in [1.29, 1.82) is 0 Å². The van der Waals surface area contributed by atoms with Gasteiger partial charge in [-0.3, -0.25) is 0 Å². The molecule has 5 rings (SSSR count). The van der Waals surface area contributed by atoms with Crippen molar-refractivity contribution in [1.82, 2.24) is 19.5 Å². The van der Waals surface area contributed by atoms with E-state index in [1.807, 2.05) is 24.0 Å². The highest BCUT2D eigenvalue weighted by Crippen LogP contribution is 2.33. The Morgan fingerprint density at radius 2 is 1.72 bits per heavy atom. The fraction of sp³-hybridized carbons (Fsp3) is 0.350. The SMILES string of the molecule is Cn1ccnc1-c1ccc(-c2nc(N3CCC3)nc3c2CCC3)cc1. The normalized spacial score (nSPS) is 16.0. The first-order valence-electron chi connectivity index (χ1n) is 9.02. The molecule has 0 unspecified atom stereocenters. The highest BCUT2D eigenvalue weighted by molar-refractivity contribution is 5.69. The maximum atomic E-state index is 4.94. The molecule has 0 N–H and O–H groups in total. The van der Waals surface area contributed by atoms with Gasteiger partial charge >= 0.3 is 0 Å². The molecule has 5 nitrogen and oxygen atoms in total. The molecule has 1 fully saturated rings. The summed E-state index contributed by atoms with van der Waals surface area (Å²) in [5.74, 6) is 1.90. The number of rotatable bonds is 3. The molecule has 2 aromatic heterocycles. The molecular formula is C20H21N5. The highest BCUT2D eigenvalue weighted by Gasteiger charge is 2.24. The third-order valence-corrected chi connectivity index (χ3v) is 5.30. The van der Waals surface area contributed by atoms with Gasteiger partial charge in [-0.1, -0.05) is 24.3 Å². The second kappa shape index (κ2) is 5.69. The zero-order valence-electron chi connectivity index (χ0n) is 14.4. The Morgan fingerprint density at radius 3 is 2.40 bits per heavy atom. The van der Waals surface area contributed by atoms with Crippen LogP contribution in [-0.4, -0.2) is 32.6 Å². The van der Waals surface area contributed by atoms with Crippen molar-refractivity contribution < 1.29 is 0 Å². The van der Waals surface area contributed by atoms with Crippen LogP contribution < -0.4 is 4.90 Å². The van der Waals surface area contributed by atoms with Crippen molar-refractivity contribution in [3.63, 3.8) is 0 Å². The summed E-state index contributed by atoms with van der Waals surface area (Å²) in [6, 6.07) is 8.63. The number of hydrogen-bond acceptors (Lipinski definition) is 4. The van der Waals surface area contributed by atoms with Crippen molar-refractivity contribution in [3.05, 3.63) is 47.9 Å². The number of imidazole rings is 1. The second-order valence-corrected chi connectivity index (χ2v) is 6.93. The van der Waals surface area contributed by atoms with Crippen LogP contribution in [0.4, 0.5) is 5.95 Å². The minimum atomic E-state index is 0.912. The number of anilines is 1.